The number of fused-ring (bicyclic) bond motifs is 1. The number of thiophene rings is 1. The van der Waals surface area contributed by atoms with Crippen LogP contribution in [-0.4, -0.2) is 26.3 Å². The number of benzene rings is 1. The molecule has 8 nitrogen and oxygen atoms in total. The predicted molar refractivity (Wildman–Crippen MR) is 113 cm³/mol. The summed E-state index contributed by atoms with van der Waals surface area (Å²) in [6.45, 7) is 3.63. The number of aryl methyl sites for hydroxylation is 2. The Morgan fingerprint density at radius 2 is 1.87 bits per heavy atom. The maximum atomic E-state index is 13.0. The number of esters is 1. The second kappa shape index (κ2) is 7.77. The first-order valence-electron chi connectivity index (χ1n) is 9.45. The van der Waals surface area contributed by atoms with Crippen LogP contribution in [0.2, 0.25) is 0 Å². The zero-order valence-corrected chi connectivity index (χ0v) is 17.5. The van der Waals surface area contributed by atoms with Crippen LogP contribution in [0.4, 0.5) is 0 Å². The van der Waals surface area contributed by atoms with Crippen LogP contribution in [0.25, 0.3) is 33.8 Å². The number of aromatic nitrogens is 4. The van der Waals surface area contributed by atoms with Gasteiger partial charge in [-0.05, 0) is 31.4 Å². The molecule has 154 valence electrons. The van der Waals surface area contributed by atoms with Crippen molar-refractivity contribution in [3.8, 4) is 22.7 Å². The van der Waals surface area contributed by atoms with E-state index in [2.05, 4.69) is 20.3 Å². The Hall–Kier alpha value is -3.85. The minimum Gasteiger partial charge on any atom is -0.454 e. The van der Waals surface area contributed by atoms with Gasteiger partial charge in [0.25, 0.3) is 11.6 Å². The standard InChI is InChI=1S/C22H16N4O4S/c1-12-3-5-14(6-4-12)17-9-16(19-13(2)25-30-21(19)23-17)22(27)28-10-18-24-20(29-26-18)15-7-8-31-11-15/h3-9,11H,10H2,1-2H3. The maximum Gasteiger partial charge on any atom is 0.339 e. The van der Waals surface area contributed by atoms with Crippen LogP contribution in [0.5, 0.6) is 0 Å². The third-order valence-corrected chi connectivity index (χ3v) is 5.44. The molecule has 0 spiro atoms. The highest BCUT2D eigenvalue weighted by Gasteiger charge is 2.21. The summed E-state index contributed by atoms with van der Waals surface area (Å²) in [4.78, 5) is 21.7. The van der Waals surface area contributed by atoms with Crippen molar-refractivity contribution in [3.05, 3.63) is 69.8 Å². The van der Waals surface area contributed by atoms with Crippen LogP contribution < -0.4 is 0 Å². The molecule has 0 aliphatic heterocycles. The van der Waals surface area contributed by atoms with E-state index in [0.717, 1.165) is 16.7 Å². The number of carbonyl (C=O) groups excluding carboxylic acids is 1. The zero-order valence-electron chi connectivity index (χ0n) is 16.7. The molecule has 1 aromatic carbocycles. The fourth-order valence-electron chi connectivity index (χ4n) is 3.15. The van der Waals surface area contributed by atoms with Crippen LogP contribution in [0, 0.1) is 13.8 Å². The number of hydrogen-bond acceptors (Lipinski definition) is 9. The van der Waals surface area contributed by atoms with E-state index in [1.807, 2.05) is 48.0 Å². The van der Waals surface area contributed by atoms with Crippen LogP contribution in [0.3, 0.4) is 0 Å². The van der Waals surface area contributed by atoms with Gasteiger partial charge in [0.1, 0.15) is 0 Å². The highest BCUT2D eigenvalue weighted by atomic mass is 32.1. The summed E-state index contributed by atoms with van der Waals surface area (Å²) >= 11 is 1.53. The van der Waals surface area contributed by atoms with Gasteiger partial charge in [-0.3, -0.25) is 0 Å². The second-order valence-electron chi connectivity index (χ2n) is 6.97. The summed E-state index contributed by atoms with van der Waals surface area (Å²) in [5, 5.41) is 12.2. The molecule has 4 heterocycles. The van der Waals surface area contributed by atoms with E-state index in [0.29, 0.717) is 28.2 Å². The van der Waals surface area contributed by atoms with E-state index in [1.54, 1.807) is 13.0 Å². The Labute approximate surface area is 180 Å². The molecule has 0 unspecified atom stereocenters. The van der Waals surface area contributed by atoms with Gasteiger partial charge in [-0.25, -0.2) is 9.78 Å². The number of ether oxygens (including phenoxy) is 1. The molecule has 0 bridgehead atoms. The predicted octanol–water partition coefficient (Wildman–Crippen LogP) is 4.98. The number of nitrogens with zero attached hydrogens (tertiary/aromatic N) is 4. The van der Waals surface area contributed by atoms with Crippen LogP contribution in [-0.2, 0) is 11.3 Å². The van der Waals surface area contributed by atoms with Gasteiger partial charge >= 0.3 is 5.97 Å². The van der Waals surface area contributed by atoms with Gasteiger partial charge in [-0.15, -0.1) is 0 Å². The number of carbonyl (C=O) groups is 1. The van der Waals surface area contributed by atoms with Crippen LogP contribution >= 0.6 is 11.3 Å². The first-order valence-corrected chi connectivity index (χ1v) is 10.4. The normalized spacial score (nSPS) is 11.2. The van der Waals surface area contributed by atoms with Gasteiger partial charge in [0.05, 0.1) is 27.9 Å². The van der Waals surface area contributed by atoms with E-state index >= 15 is 0 Å². The third kappa shape index (κ3) is 3.71. The summed E-state index contributed by atoms with van der Waals surface area (Å²) in [6, 6.07) is 11.4. The van der Waals surface area contributed by atoms with Gasteiger partial charge < -0.3 is 13.8 Å². The largest absolute Gasteiger partial charge is 0.454 e. The molecule has 4 aromatic heterocycles. The first-order chi connectivity index (χ1) is 15.1. The molecule has 0 radical (unpaired) electrons. The molecule has 0 fully saturated rings. The number of hydrogen-bond donors (Lipinski definition) is 0. The lowest BCUT2D eigenvalue weighted by molar-refractivity contribution is 0.0462. The lowest BCUT2D eigenvalue weighted by Crippen LogP contribution is -2.08. The smallest absolute Gasteiger partial charge is 0.339 e. The number of pyridine rings is 1. The highest BCUT2D eigenvalue weighted by Crippen LogP contribution is 2.28. The lowest BCUT2D eigenvalue weighted by Gasteiger charge is -2.07. The zero-order chi connectivity index (χ0) is 21.4. The Bertz CT molecular complexity index is 1370. The fraction of sp³-hybridized carbons (Fsp3) is 0.136. The summed E-state index contributed by atoms with van der Waals surface area (Å²) in [5.74, 6) is 0.115. The van der Waals surface area contributed by atoms with Crippen LogP contribution in [0.15, 0.2) is 56.2 Å². The van der Waals surface area contributed by atoms with Gasteiger partial charge in [-0.1, -0.05) is 40.1 Å². The molecule has 0 aliphatic rings. The molecule has 0 saturated carbocycles. The van der Waals surface area contributed by atoms with Crippen molar-refractivity contribution in [2.45, 2.75) is 20.5 Å². The van der Waals surface area contributed by atoms with E-state index in [1.165, 1.54) is 11.3 Å². The second-order valence-corrected chi connectivity index (χ2v) is 7.75. The van der Waals surface area contributed by atoms with E-state index < -0.39 is 5.97 Å². The summed E-state index contributed by atoms with van der Waals surface area (Å²) < 4.78 is 16.0. The molecular formula is C22H16N4O4S. The fourth-order valence-corrected chi connectivity index (χ4v) is 3.78. The Morgan fingerprint density at radius 3 is 2.65 bits per heavy atom. The molecule has 0 atom stereocenters. The van der Waals surface area contributed by atoms with Crippen molar-refractivity contribution in [2.24, 2.45) is 0 Å². The monoisotopic (exact) mass is 432 g/mol. The maximum absolute atomic E-state index is 13.0. The van der Waals surface area contributed by atoms with Gasteiger partial charge in [0, 0.05) is 10.9 Å². The van der Waals surface area contributed by atoms with Crippen molar-refractivity contribution < 1.29 is 18.6 Å². The first kappa shape index (κ1) is 19.1. The third-order valence-electron chi connectivity index (χ3n) is 4.75. The van der Waals surface area contributed by atoms with E-state index in [-0.39, 0.29) is 18.1 Å². The van der Waals surface area contributed by atoms with Gasteiger partial charge in [0.2, 0.25) is 5.82 Å². The van der Waals surface area contributed by atoms with Crippen molar-refractivity contribution in [2.75, 3.05) is 0 Å². The van der Waals surface area contributed by atoms with Crippen molar-refractivity contribution in [1.82, 2.24) is 20.3 Å². The SMILES string of the molecule is Cc1ccc(-c2cc(C(=O)OCc3noc(-c4ccsc4)n3)c3c(C)noc3n2)cc1. The quantitative estimate of drug-likeness (QED) is 0.358. The molecule has 9 heteroatoms. The Balaban J connectivity index is 1.43. The molecule has 0 aliphatic carbocycles. The van der Waals surface area contributed by atoms with Crippen molar-refractivity contribution >= 4 is 28.4 Å². The Morgan fingerprint density at radius 1 is 1.03 bits per heavy atom. The summed E-state index contributed by atoms with van der Waals surface area (Å²) in [6.07, 6.45) is 0. The Kier molecular flexibility index (Phi) is 4.79. The molecule has 5 aromatic rings. The van der Waals surface area contributed by atoms with Crippen molar-refractivity contribution in [1.29, 1.82) is 0 Å². The molecule has 5 rings (SSSR count). The molecule has 0 amide bonds. The van der Waals surface area contributed by atoms with Crippen LogP contribution in [0.1, 0.15) is 27.4 Å². The van der Waals surface area contributed by atoms with Crippen molar-refractivity contribution in [3.63, 3.8) is 0 Å². The molecule has 0 N–H and O–H groups in total. The lowest BCUT2D eigenvalue weighted by atomic mass is 10.0. The van der Waals surface area contributed by atoms with Gasteiger partial charge in [-0.2, -0.15) is 16.3 Å². The highest BCUT2D eigenvalue weighted by molar-refractivity contribution is 7.08. The minimum absolute atomic E-state index is 0.125. The topological polar surface area (TPSA) is 104 Å². The van der Waals surface area contributed by atoms with E-state index in [4.69, 9.17) is 13.8 Å². The molecule has 31 heavy (non-hydrogen) atoms. The molecular weight excluding hydrogens is 416 g/mol. The summed E-state index contributed by atoms with van der Waals surface area (Å²) in [5.41, 5.74) is 4.56. The van der Waals surface area contributed by atoms with E-state index in [9.17, 15) is 4.79 Å². The minimum atomic E-state index is -0.547. The summed E-state index contributed by atoms with van der Waals surface area (Å²) in [7, 11) is 0. The number of rotatable bonds is 5. The average Bonchev–Trinajstić information content (AvgIpc) is 3.53. The molecule has 0 saturated heterocycles. The van der Waals surface area contributed by atoms with Gasteiger partial charge in [0.15, 0.2) is 6.61 Å². The average molecular weight is 432 g/mol.